The predicted octanol–water partition coefficient (Wildman–Crippen LogP) is 0.877. The normalized spacial score (nSPS) is 46.3. The van der Waals surface area contributed by atoms with Crippen molar-refractivity contribution < 1.29 is 9.90 Å². The summed E-state index contributed by atoms with van der Waals surface area (Å²) in [6.45, 7) is 7.34. The number of carboxylic acids is 1. The van der Waals surface area contributed by atoms with E-state index >= 15 is 0 Å². The number of carboxylic acid groups (broad SMARTS) is 1. The molecule has 0 saturated carbocycles. The molecule has 4 atom stereocenters. The third-order valence-electron chi connectivity index (χ3n) is 5.08. The molecule has 3 aliphatic heterocycles. The van der Waals surface area contributed by atoms with Crippen molar-refractivity contribution in [2.24, 2.45) is 11.3 Å². The number of nitrogens with zero attached hydrogens (tertiary/aromatic N) is 2. The summed E-state index contributed by atoms with van der Waals surface area (Å²) in [7, 11) is 0. The van der Waals surface area contributed by atoms with Gasteiger partial charge in [0.05, 0.1) is 5.41 Å². The van der Waals surface area contributed by atoms with Gasteiger partial charge < -0.3 is 10.0 Å². The summed E-state index contributed by atoms with van der Waals surface area (Å²) in [5.41, 5.74) is -0.504. The molecule has 96 valence electrons. The van der Waals surface area contributed by atoms with Crippen LogP contribution in [0.15, 0.2) is 0 Å². The molecule has 0 amide bonds. The highest BCUT2D eigenvalue weighted by molar-refractivity contribution is 5.74. The van der Waals surface area contributed by atoms with E-state index < -0.39 is 11.4 Å². The molecule has 3 aliphatic rings. The fourth-order valence-electron chi connectivity index (χ4n) is 3.87. The second kappa shape index (κ2) is 3.95. The van der Waals surface area contributed by atoms with E-state index in [1.807, 2.05) is 6.92 Å². The predicted molar refractivity (Wildman–Crippen MR) is 64.9 cm³/mol. The second-order valence-electron chi connectivity index (χ2n) is 6.29. The van der Waals surface area contributed by atoms with Crippen LogP contribution in [0, 0.1) is 11.3 Å². The molecular formula is C13H22N2O2. The van der Waals surface area contributed by atoms with Crippen molar-refractivity contribution in [2.45, 2.75) is 32.2 Å². The van der Waals surface area contributed by atoms with Gasteiger partial charge in [-0.1, -0.05) is 0 Å². The van der Waals surface area contributed by atoms with Crippen LogP contribution in [-0.4, -0.2) is 59.6 Å². The second-order valence-corrected chi connectivity index (χ2v) is 6.29. The summed E-state index contributed by atoms with van der Waals surface area (Å²) in [5, 5.41) is 9.29. The zero-order chi connectivity index (χ0) is 12.0. The molecule has 0 spiro atoms. The highest BCUT2D eigenvalue weighted by atomic mass is 16.4. The lowest BCUT2D eigenvalue weighted by Crippen LogP contribution is -2.46. The van der Waals surface area contributed by atoms with Crippen LogP contribution in [0.1, 0.15) is 26.2 Å². The van der Waals surface area contributed by atoms with Gasteiger partial charge in [0, 0.05) is 19.1 Å². The fraction of sp³-hybridized carbons (Fsp3) is 0.923. The summed E-state index contributed by atoms with van der Waals surface area (Å²) in [4.78, 5) is 16.3. The maximum atomic E-state index is 11.3. The van der Waals surface area contributed by atoms with Crippen LogP contribution in [0.25, 0.3) is 0 Å². The fourth-order valence-corrected chi connectivity index (χ4v) is 3.87. The minimum absolute atomic E-state index is 0.504. The molecule has 0 aromatic carbocycles. The average molecular weight is 238 g/mol. The van der Waals surface area contributed by atoms with Gasteiger partial charge in [-0.2, -0.15) is 0 Å². The van der Waals surface area contributed by atoms with E-state index in [1.54, 1.807) is 0 Å². The maximum Gasteiger partial charge on any atom is 0.310 e. The Morgan fingerprint density at radius 1 is 1.29 bits per heavy atom. The van der Waals surface area contributed by atoms with E-state index in [0.29, 0.717) is 6.04 Å². The van der Waals surface area contributed by atoms with Gasteiger partial charge in [-0.05, 0) is 51.7 Å². The van der Waals surface area contributed by atoms with Gasteiger partial charge in [-0.25, -0.2) is 0 Å². The molecular weight excluding hydrogens is 216 g/mol. The summed E-state index contributed by atoms with van der Waals surface area (Å²) >= 11 is 0. The van der Waals surface area contributed by atoms with Crippen molar-refractivity contribution in [3.05, 3.63) is 0 Å². The summed E-state index contributed by atoms with van der Waals surface area (Å²) < 4.78 is 0. The van der Waals surface area contributed by atoms with E-state index in [4.69, 9.17) is 0 Å². The van der Waals surface area contributed by atoms with Gasteiger partial charge in [-0.15, -0.1) is 0 Å². The quantitative estimate of drug-likeness (QED) is 0.775. The third kappa shape index (κ3) is 1.87. The molecule has 0 radical (unpaired) electrons. The van der Waals surface area contributed by atoms with Crippen molar-refractivity contribution in [3.63, 3.8) is 0 Å². The zero-order valence-electron chi connectivity index (χ0n) is 10.6. The minimum Gasteiger partial charge on any atom is -0.481 e. The van der Waals surface area contributed by atoms with Crippen LogP contribution in [0.2, 0.25) is 0 Å². The molecule has 4 nitrogen and oxygen atoms in total. The van der Waals surface area contributed by atoms with E-state index in [1.165, 1.54) is 32.5 Å². The first-order valence-corrected chi connectivity index (χ1v) is 6.78. The number of aliphatic carboxylic acids is 1. The van der Waals surface area contributed by atoms with Crippen LogP contribution in [0.3, 0.4) is 0 Å². The highest BCUT2D eigenvalue weighted by Crippen LogP contribution is 2.37. The molecule has 4 heteroatoms. The van der Waals surface area contributed by atoms with Crippen molar-refractivity contribution in [3.8, 4) is 0 Å². The number of hydrogen-bond donors (Lipinski definition) is 1. The third-order valence-corrected chi connectivity index (χ3v) is 5.08. The molecule has 0 aromatic rings. The largest absolute Gasteiger partial charge is 0.481 e. The Balaban J connectivity index is 1.68. The van der Waals surface area contributed by atoms with Gasteiger partial charge in [0.2, 0.25) is 0 Å². The Labute approximate surface area is 103 Å². The number of hydrogen-bond acceptors (Lipinski definition) is 3. The standard InChI is InChI=1S/C13H22N2O2/c1-13(12(16)17)4-7-15(9-13)11-3-6-14-5-2-10(11)8-14/h10-11H,2-9H2,1H3,(H,16,17). The highest BCUT2D eigenvalue weighted by Gasteiger charge is 2.46. The van der Waals surface area contributed by atoms with Crippen LogP contribution >= 0.6 is 0 Å². The molecule has 0 aliphatic carbocycles. The summed E-state index contributed by atoms with van der Waals surface area (Å²) in [6.07, 6.45) is 3.36. The molecule has 3 heterocycles. The molecule has 4 unspecified atom stereocenters. The van der Waals surface area contributed by atoms with Crippen LogP contribution in [0.4, 0.5) is 0 Å². The van der Waals surface area contributed by atoms with Crippen molar-refractivity contribution in [1.29, 1.82) is 0 Å². The van der Waals surface area contributed by atoms with Crippen LogP contribution in [0.5, 0.6) is 0 Å². The lowest BCUT2D eigenvalue weighted by Gasteiger charge is -2.37. The smallest absolute Gasteiger partial charge is 0.310 e. The molecule has 3 saturated heterocycles. The molecule has 3 rings (SSSR count). The van der Waals surface area contributed by atoms with E-state index in [9.17, 15) is 9.90 Å². The number of rotatable bonds is 2. The minimum atomic E-state index is -0.621. The molecule has 2 bridgehead atoms. The van der Waals surface area contributed by atoms with Crippen LogP contribution < -0.4 is 0 Å². The number of fused-ring (bicyclic) bond motifs is 2. The van der Waals surface area contributed by atoms with Crippen molar-refractivity contribution in [1.82, 2.24) is 9.80 Å². The SMILES string of the molecule is CC1(C(=O)O)CCN(C2CCN3CCC2C3)C1. The molecule has 1 N–H and O–H groups in total. The van der Waals surface area contributed by atoms with Gasteiger partial charge in [0.1, 0.15) is 0 Å². The topological polar surface area (TPSA) is 43.8 Å². The van der Waals surface area contributed by atoms with E-state index in [-0.39, 0.29) is 0 Å². The lowest BCUT2D eigenvalue weighted by atomic mass is 9.89. The first-order chi connectivity index (χ1) is 8.08. The summed E-state index contributed by atoms with van der Waals surface area (Å²) in [5.74, 6) is 0.170. The number of likely N-dealkylation sites (tertiary alicyclic amines) is 1. The van der Waals surface area contributed by atoms with Crippen molar-refractivity contribution >= 4 is 5.97 Å². The van der Waals surface area contributed by atoms with E-state index in [0.717, 1.165) is 25.4 Å². The van der Waals surface area contributed by atoms with Gasteiger partial charge in [-0.3, -0.25) is 9.69 Å². The Kier molecular flexibility index (Phi) is 2.67. The summed E-state index contributed by atoms with van der Waals surface area (Å²) in [6, 6.07) is 0.648. The number of piperidine rings is 1. The first-order valence-electron chi connectivity index (χ1n) is 6.78. The van der Waals surface area contributed by atoms with E-state index in [2.05, 4.69) is 9.80 Å². The Morgan fingerprint density at radius 3 is 2.76 bits per heavy atom. The lowest BCUT2D eigenvalue weighted by molar-refractivity contribution is -0.147. The molecule has 0 aromatic heterocycles. The number of carbonyl (C=O) groups is 1. The maximum absolute atomic E-state index is 11.3. The molecule has 17 heavy (non-hydrogen) atoms. The first kappa shape index (κ1) is 11.5. The van der Waals surface area contributed by atoms with Gasteiger partial charge in [0.25, 0.3) is 0 Å². The molecule has 3 fully saturated rings. The van der Waals surface area contributed by atoms with Crippen molar-refractivity contribution in [2.75, 3.05) is 32.7 Å². The Bertz CT molecular complexity index is 333. The monoisotopic (exact) mass is 238 g/mol. The average Bonchev–Trinajstić information content (AvgIpc) is 2.86. The van der Waals surface area contributed by atoms with Gasteiger partial charge in [0.15, 0.2) is 0 Å². The Hall–Kier alpha value is -0.610. The zero-order valence-corrected chi connectivity index (χ0v) is 10.6. The van der Waals surface area contributed by atoms with Crippen LogP contribution in [-0.2, 0) is 4.79 Å². The van der Waals surface area contributed by atoms with Gasteiger partial charge >= 0.3 is 5.97 Å². The Morgan fingerprint density at radius 2 is 2.06 bits per heavy atom.